The predicted molar refractivity (Wildman–Crippen MR) is 52.7 cm³/mol. The summed E-state index contributed by atoms with van der Waals surface area (Å²) in [6.45, 7) is -4.52. The molecular weight excluding hydrogens is 263 g/mol. The summed E-state index contributed by atoms with van der Waals surface area (Å²) in [7, 11) is 1.29. The number of ether oxygens (including phenoxy) is 3. The van der Waals surface area contributed by atoms with E-state index in [1.165, 1.54) is 7.11 Å². The number of rotatable bonds is 2. The zero-order valence-electron chi connectivity index (χ0n) is 9.50. The molecule has 0 N–H and O–H groups in total. The van der Waals surface area contributed by atoms with Crippen molar-refractivity contribution >= 4 is 12.4 Å². The molecular formula is C9H9BF3KO3. The first-order chi connectivity index (χ1) is 7.52. The second-order valence-corrected chi connectivity index (χ2v) is 3.32. The van der Waals surface area contributed by atoms with E-state index in [2.05, 4.69) is 0 Å². The van der Waals surface area contributed by atoms with Gasteiger partial charge in [-0.25, -0.2) is 0 Å². The Morgan fingerprint density at radius 1 is 1.18 bits per heavy atom. The number of benzene rings is 1. The Balaban J connectivity index is 0.00000144. The summed E-state index contributed by atoms with van der Waals surface area (Å²) in [5, 5.41) is 0. The minimum absolute atomic E-state index is 0. The van der Waals surface area contributed by atoms with Gasteiger partial charge in [0.1, 0.15) is 13.2 Å². The van der Waals surface area contributed by atoms with Crippen LogP contribution in [0.4, 0.5) is 12.9 Å². The topological polar surface area (TPSA) is 27.7 Å². The average molecular weight is 272 g/mol. The molecule has 1 aliphatic heterocycles. The van der Waals surface area contributed by atoms with Crippen LogP contribution in [0.3, 0.4) is 0 Å². The number of halogens is 3. The minimum atomic E-state index is -5.07. The van der Waals surface area contributed by atoms with Gasteiger partial charge in [-0.1, -0.05) is 0 Å². The molecule has 1 aromatic carbocycles. The standard InChI is InChI=1S/C9H9BF3O3.K/c1-14-7-4-6(10(11,12)13)5-8-9(7)16-3-2-15-8;/h4-5H,2-3H2,1H3;/q-1;+1. The van der Waals surface area contributed by atoms with E-state index >= 15 is 0 Å². The van der Waals surface area contributed by atoms with Crippen molar-refractivity contribution in [1.29, 1.82) is 0 Å². The van der Waals surface area contributed by atoms with Gasteiger partial charge in [0.25, 0.3) is 0 Å². The fourth-order valence-corrected chi connectivity index (χ4v) is 1.48. The molecule has 0 amide bonds. The van der Waals surface area contributed by atoms with Gasteiger partial charge in [0.2, 0.25) is 5.75 Å². The summed E-state index contributed by atoms with van der Waals surface area (Å²) in [6, 6.07) is 1.87. The van der Waals surface area contributed by atoms with Gasteiger partial charge in [0.05, 0.1) is 7.11 Å². The molecule has 2 rings (SSSR count). The molecule has 0 unspecified atom stereocenters. The van der Waals surface area contributed by atoms with Crippen LogP contribution in [-0.4, -0.2) is 27.3 Å². The molecule has 3 nitrogen and oxygen atoms in total. The Kier molecular flexibility index (Phi) is 5.21. The van der Waals surface area contributed by atoms with E-state index in [0.717, 1.165) is 12.1 Å². The van der Waals surface area contributed by atoms with Crippen LogP contribution in [0.5, 0.6) is 17.2 Å². The van der Waals surface area contributed by atoms with Gasteiger partial charge in [-0.05, 0) is 12.1 Å². The smallest absolute Gasteiger partial charge is 0.493 e. The van der Waals surface area contributed by atoms with Gasteiger partial charge < -0.3 is 27.2 Å². The van der Waals surface area contributed by atoms with E-state index in [4.69, 9.17) is 14.2 Å². The van der Waals surface area contributed by atoms with Gasteiger partial charge in [-0.3, -0.25) is 0 Å². The fraction of sp³-hybridized carbons (Fsp3) is 0.333. The summed E-state index contributed by atoms with van der Waals surface area (Å²) >= 11 is 0. The Bertz CT molecular complexity index is 394. The molecule has 0 saturated heterocycles. The maximum atomic E-state index is 12.6. The van der Waals surface area contributed by atoms with Crippen LogP contribution in [0.25, 0.3) is 0 Å². The van der Waals surface area contributed by atoms with E-state index < -0.39 is 12.4 Å². The zero-order chi connectivity index (χ0) is 11.8. The van der Waals surface area contributed by atoms with Crippen molar-refractivity contribution in [3.8, 4) is 17.2 Å². The van der Waals surface area contributed by atoms with Gasteiger partial charge in [-0.15, -0.1) is 5.46 Å². The molecule has 1 heterocycles. The third-order valence-electron chi connectivity index (χ3n) is 2.23. The molecule has 0 fully saturated rings. The normalized spacial score (nSPS) is 13.9. The number of hydrogen-bond donors (Lipinski definition) is 0. The first-order valence-electron chi connectivity index (χ1n) is 4.70. The van der Waals surface area contributed by atoms with Crippen molar-refractivity contribution < 1.29 is 78.5 Å². The molecule has 1 aromatic rings. The van der Waals surface area contributed by atoms with Gasteiger partial charge >= 0.3 is 58.4 Å². The monoisotopic (exact) mass is 272 g/mol. The maximum absolute atomic E-state index is 12.6. The molecule has 1 aliphatic rings. The van der Waals surface area contributed by atoms with Crippen molar-refractivity contribution in [2.24, 2.45) is 0 Å². The summed E-state index contributed by atoms with van der Waals surface area (Å²) in [5.74, 6) is 0.365. The Labute approximate surface area is 139 Å². The summed E-state index contributed by atoms with van der Waals surface area (Å²) in [6.07, 6.45) is 0. The van der Waals surface area contributed by atoms with Crippen LogP contribution in [-0.2, 0) is 0 Å². The predicted octanol–water partition coefficient (Wildman–Crippen LogP) is -1.48. The molecule has 0 radical (unpaired) electrons. The quantitative estimate of drug-likeness (QED) is 0.615. The number of hydrogen-bond acceptors (Lipinski definition) is 3. The van der Waals surface area contributed by atoms with Crippen LogP contribution in [0.2, 0.25) is 0 Å². The van der Waals surface area contributed by atoms with Crippen LogP contribution in [0.1, 0.15) is 0 Å². The van der Waals surface area contributed by atoms with Crippen LogP contribution in [0, 0.1) is 0 Å². The first-order valence-corrected chi connectivity index (χ1v) is 4.70. The molecule has 88 valence electrons. The second-order valence-electron chi connectivity index (χ2n) is 3.32. The van der Waals surface area contributed by atoms with Crippen molar-refractivity contribution in [2.45, 2.75) is 0 Å². The van der Waals surface area contributed by atoms with Crippen molar-refractivity contribution in [3.63, 3.8) is 0 Å². The molecule has 0 aromatic heterocycles. The number of methoxy groups -OCH3 is 1. The van der Waals surface area contributed by atoms with E-state index in [1.54, 1.807) is 0 Å². The molecule has 8 heteroatoms. The Hall–Kier alpha value is 0.111. The zero-order valence-corrected chi connectivity index (χ0v) is 12.6. The first kappa shape index (κ1) is 15.2. The van der Waals surface area contributed by atoms with Crippen LogP contribution in [0.15, 0.2) is 12.1 Å². The van der Waals surface area contributed by atoms with E-state index in [1.807, 2.05) is 0 Å². The molecule has 0 bridgehead atoms. The van der Waals surface area contributed by atoms with Crippen molar-refractivity contribution in [1.82, 2.24) is 0 Å². The van der Waals surface area contributed by atoms with E-state index in [-0.39, 0.29) is 75.2 Å². The van der Waals surface area contributed by atoms with Gasteiger partial charge in [0, 0.05) is 0 Å². The van der Waals surface area contributed by atoms with Crippen molar-refractivity contribution in [2.75, 3.05) is 20.3 Å². The molecule has 0 atom stereocenters. The van der Waals surface area contributed by atoms with E-state index in [0.29, 0.717) is 6.61 Å². The van der Waals surface area contributed by atoms with Crippen LogP contribution < -0.4 is 71.1 Å². The molecule has 0 spiro atoms. The number of fused-ring (bicyclic) bond motifs is 1. The van der Waals surface area contributed by atoms with E-state index in [9.17, 15) is 12.9 Å². The summed E-state index contributed by atoms with van der Waals surface area (Å²) < 4.78 is 52.9. The molecule has 0 saturated carbocycles. The van der Waals surface area contributed by atoms with Crippen LogP contribution >= 0.6 is 0 Å². The second kappa shape index (κ2) is 5.83. The van der Waals surface area contributed by atoms with Gasteiger partial charge in [0.15, 0.2) is 11.5 Å². The largest absolute Gasteiger partial charge is 1.00 e. The minimum Gasteiger partial charge on any atom is -0.493 e. The summed E-state index contributed by atoms with van der Waals surface area (Å²) in [5.41, 5.74) is -0.749. The third kappa shape index (κ3) is 3.31. The molecule has 0 aliphatic carbocycles. The Morgan fingerprint density at radius 3 is 2.41 bits per heavy atom. The van der Waals surface area contributed by atoms with Gasteiger partial charge in [-0.2, -0.15) is 0 Å². The molecule has 17 heavy (non-hydrogen) atoms. The fourth-order valence-electron chi connectivity index (χ4n) is 1.48. The third-order valence-corrected chi connectivity index (χ3v) is 2.23. The Morgan fingerprint density at radius 2 is 1.82 bits per heavy atom. The van der Waals surface area contributed by atoms with Crippen molar-refractivity contribution in [3.05, 3.63) is 12.1 Å². The SMILES string of the molecule is COc1cc([B-](F)(F)F)cc2c1OCCO2.[K+]. The summed E-state index contributed by atoms with van der Waals surface area (Å²) in [4.78, 5) is 0. The average Bonchev–Trinajstić information content (AvgIpc) is 2.26. The maximum Gasteiger partial charge on any atom is 1.00 e.